The Kier molecular flexibility index (Phi) is 6.72. The molecule has 194 valence electrons. The topological polar surface area (TPSA) is 20.6 Å². The Labute approximate surface area is 207 Å². The molecule has 0 bridgehead atoms. The smallest absolute Gasteiger partial charge is 0.401 e. The zero-order valence-electron chi connectivity index (χ0n) is 20.4. The van der Waals surface area contributed by atoms with Crippen LogP contribution in [0.4, 0.5) is 22.0 Å². The van der Waals surface area contributed by atoms with Gasteiger partial charge in [0.05, 0.1) is 12.6 Å². The number of hydrogen-bond donors (Lipinski definition) is 0. The molecule has 4 nitrogen and oxygen atoms in total. The second-order valence-electron chi connectivity index (χ2n) is 9.93. The number of unbranched alkanes of at least 4 members (excludes halogenated alkanes) is 1. The van der Waals surface area contributed by atoms with Crippen LogP contribution < -0.4 is 4.74 Å². The summed E-state index contributed by atoms with van der Waals surface area (Å²) in [6.45, 7) is 5.12. The van der Waals surface area contributed by atoms with Gasteiger partial charge in [-0.15, -0.1) is 0 Å². The van der Waals surface area contributed by atoms with Crippen LogP contribution in [0.5, 0.6) is 5.75 Å². The molecule has 1 aromatic heterocycles. The second-order valence-corrected chi connectivity index (χ2v) is 9.93. The summed E-state index contributed by atoms with van der Waals surface area (Å²) in [6.07, 6.45) is -2.52. The van der Waals surface area contributed by atoms with E-state index in [0.29, 0.717) is 18.8 Å². The highest BCUT2D eigenvalue weighted by molar-refractivity contribution is 5.82. The number of benzene rings is 2. The highest BCUT2D eigenvalue weighted by Crippen LogP contribution is 2.42. The third kappa shape index (κ3) is 4.83. The third-order valence-corrected chi connectivity index (χ3v) is 7.21. The lowest BCUT2D eigenvalue weighted by molar-refractivity contribution is -0.157. The minimum absolute atomic E-state index is 0.0562. The van der Waals surface area contributed by atoms with Crippen LogP contribution in [0.25, 0.3) is 10.9 Å². The summed E-state index contributed by atoms with van der Waals surface area (Å²) in [4.78, 5) is 3.36. The highest BCUT2D eigenvalue weighted by atomic mass is 19.4. The summed E-state index contributed by atoms with van der Waals surface area (Å²) < 4.78 is 79.5. The van der Waals surface area contributed by atoms with Gasteiger partial charge in [-0.05, 0) is 37.4 Å². The molecule has 2 atom stereocenters. The summed E-state index contributed by atoms with van der Waals surface area (Å²) in [5.41, 5.74) is 0.880. The van der Waals surface area contributed by atoms with Crippen molar-refractivity contribution in [1.29, 1.82) is 0 Å². The van der Waals surface area contributed by atoms with Crippen molar-refractivity contribution in [3.05, 3.63) is 65.4 Å². The number of hydrogen-bond acceptors (Lipinski definition) is 3. The number of para-hydroxylation sites is 1. The summed E-state index contributed by atoms with van der Waals surface area (Å²) in [7, 11) is 0. The van der Waals surface area contributed by atoms with E-state index in [1.807, 2.05) is 28.8 Å². The van der Waals surface area contributed by atoms with Crippen molar-refractivity contribution in [1.82, 2.24) is 14.4 Å². The van der Waals surface area contributed by atoms with Crippen molar-refractivity contribution in [2.24, 2.45) is 0 Å². The first-order valence-corrected chi connectivity index (χ1v) is 12.4. The first kappa shape index (κ1) is 25.0. The van der Waals surface area contributed by atoms with E-state index in [1.165, 1.54) is 0 Å². The molecule has 5 rings (SSSR count). The van der Waals surface area contributed by atoms with E-state index in [-0.39, 0.29) is 24.0 Å². The van der Waals surface area contributed by atoms with Gasteiger partial charge in [-0.25, -0.2) is 8.78 Å². The summed E-state index contributed by atoms with van der Waals surface area (Å²) in [5.74, 6) is -1.76. The van der Waals surface area contributed by atoms with Crippen molar-refractivity contribution in [2.45, 2.75) is 57.6 Å². The van der Waals surface area contributed by atoms with Crippen LogP contribution in [-0.4, -0.2) is 58.9 Å². The van der Waals surface area contributed by atoms with Crippen LogP contribution in [0, 0.1) is 11.6 Å². The molecule has 0 spiro atoms. The quantitative estimate of drug-likeness (QED) is 0.359. The lowest BCUT2D eigenvalue weighted by Crippen LogP contribution is -2.53. The van der Waals surface area contributed by atoms with Gasteiger partial charge in [0.1, 0.15) is 23.5 Å². The molecule has 36 heavy (non-hydrogen) atoms. The van der Waals surface area contributed by atoms with Crippen molar-refractivity contribution >= 4 is 10.9 Å². The number of ether oxygens (including phenoxy) is 1. The maximum atomic E-state index is 15.5. The van der Waals surface area contributed by atoms with Gasteiger partial charge in [0, 0.05) is 54.6 Å². The molecule has 1 fully saturated rings. The monoisotopic (exact) mass is 507 g/mol. The molecule has 0 unspecified atom stereocenters. The van der Waals surface area contributed by atoms with Crippen LogP contribution in [0.3, 0.4) is 0 Å². The van der Waals surface area contributed by atoms with E-state index >= 15 is 8.78 Å². The maximum Gasteiger partial charge on any atom is 0.401 e. The molecule has 0 aliphatic carbocycles. The lowest BCUT2D eigenvalue weighted by atomic mass is 9.96. The van der Waals surface area contributed by atoms with Gasteiger partial charge in [0.25, 0.3) is 0 Å². The Morgan fingerprint density at radius 1 is 1.00 bits per heavy atom. The molecule has 0 saturated carbocycles. The summed E-state index contributed by atoms with van der Waals surface area (Å²) in [5, 5.41) is 0.817. The largest absolute Gasteiger partial charge is 0.488 e. The molecular formula is C27H30F5N3O. The van der Waals surface area contributed by atoms with Crippen molar-refractivity contribution in [3.8, 4) is 5.75 Å². The predicted octanol–water partition coefficient (Wildman–Crippen LogP) is 6.14. The van der Waals surface area contributed by atoms with Gasteiger partial charge in [-0.2, -0.15) is 13.2 Å². The Bertz CT molecular complexity index is 1210. The predicted molar refractivity (Wildman–Crippen MR) is 128 cm³/mol. The molecule has 0 radical (unpaired) electrons. The van der Waals surface area contributed by atoms with Crippen LogP contribution in [0.1, 0.15) is 44.0 Å². The number of rotatable bonds is 7. The molecule has 0 N–H and O–H groups in total. The lowest BCUT2D eigenvalue weighted by Gasteiger charge is -2.42. The van der Waals surface area contributed by atoms with Gasteiger partial charge in [0.2, 0.25) is 0 Å². The van der Waals surface area contributed by atoms with Gasteiger partial charge in [0.15, 0.2) is 0 Å². The Hall–Kier alpha value is -2.65. The van der Waals surface area contributed by atoms with Gasteiger partial charge in [-0.3, -0.25) is 9.80 Å². The number of nitrogens with zero attached hydrogens (tertiary/aromatic N) is 3. The zero-order valence-corrected chi connectivity index (χ0v) is 20.4. The summed E-state index contributed by atoms with van der Waals surface area (Å²) >= 11 is 0. The van der Waals surface area contributed by atoms with E-state index in [4.69, 9.17) is 4.74 Å². The first-order valence-electron chi connectivity index (χ1n) is 12.4. The average molecular weight is 508 g/mol. The number of halogens is 5. The highest BCUT2D eigenvalue weighted by Gasteiger charge is 2.43. The minimum atomic E-state index is -4.52. The molecule has 1 saturated heterocycles. The zero-order chi connectivity index (χ0) is 25.6. The first-order chi connectivity index (χ1) is 17.1. The standard InChI is InChI=1S/C27H30F5N3O/c1-3-4-9-33-14-20(15-33)36-19-11-21(28)25(22(29)12-19)26-24-10-18-7-5-6-8-23(18)34(24)13-17(2)35(26)16-27(30,31)32/h5-8,10-12,17,20,26H,3-4,9,13-16H2,1-2H3/t17-,26+/m1/s1. The molecule has 2 aromatic carbocycles. The number of alkyl halides is 3. The van der Waals surface area contributed by atoms with E-state index in [9.17, 15) is 13.2 Å². The van der Waals surface area contributed by atoms with Crippen molar-refractivity contribution in [3.63, 3.8) is 0 Å². The number of likely N-dealkylation sites (tertiary alicyclic amines) is 1. The average Bonchev–Trinajstić information content (AvgIpc) is 3.14. The second kappa shape index (κ2) is 9.67. The van der Waals surface area contributed by atoms with Crippen LogP contribution in [0.15, 0.2) is 42.5 Å². The van der Waals surface area contributed by atoms with Gasteiger partial charge in [-0.1, -0.05) is 31.5 Å². The molecule has 3 heterocycles. The number of fused-ring (bicyclic) bond motifs is 3. The summed E-state index contributed by atoms with van der Waals surface area (Å²) in [6, 6.07) is 9.50. The van der Waals surface area contributed by atoms with E-state index in [0.717, 1.165) is 47.3 Å². The van der Waals surface area contributed by atoms with Crippen molar-refractivity contribution in [2.75, 3.05) is 26.2 Å². The molecule has 9 heteroatoms. The molecule has 2 aliphatic heterocycles. The van der Waals surface area contributed by atoms with Crippen molar-refractivity contribution < 1.29 is 26.7 Å². The fourth-order valence-corrected chi connectivity index (χ4v) is 5.47. The Morgan fingerprint density at radius 2 is 1.69 bits per heavy atom. The molecule has 0 amide bonds. The van der Waals surface area contributed by atoms with E-state index in [2.05, 4.69) is 11.8 Å². The van der Waals surface area contributed by atoms with Gasteiger partial charge < -0.3 is 9.30 Å². The normalized spacial score (nSPS) is 21.5. The fourth-order valence-electron chi connectivity index (χ4n) is 5.47. The van der Waals surface area contributed by atoms with Crippen LogP contribution in [-0.2, 0) is 6.54 Å². The molecule has 2 aliphatic rings. The van der Waals surface area contributed by atoms with Crippen LogP contribution >= 0.6 is 0 Å². The SMILES string of the molecule is CCCCN1CC(Oc2cc(F)c([C@@H]3c4cc5ccccc5n4C[C@@H](C)N3CC(F)(F)F)c(F)c2)C1. The maximum absolute atomic E-state index is 15.5. The Balaban J connectivity index is 1.50. The minimum Gasteiger partial charge on any atom is -0.488 e. The number of aromatic nitrogens is 1. The van der Waals surface area contributed by atoms with E-state index < -0.39 is 36.4 Å². The van der Waals surface area contributed by atoms with E-state index in [1.54, 1.807) is 13.0 Å². The third-order valence-electron chi connectivity index (χ3n) is 7.21. The van der Waals surface area contributed by atoms with Crippen LogP contribution in [0.2, 0.25) is 0 Å². The Morgan fingerprint density at radius 3 is 2.36 bits per heavy atom. The fraction of sp³-hybridized carbons (Fsp3) is 0.481. The van der Waals surface area contributed by atoms with Gasteiger partial charge >= 0.3 is 6.18 Å². The molecule has 3 aromatic rings. The molecular weight excluding hydrogens is 477 g/mol.